The van der Waals surface area contributed by atoms with Crippen molar-refractivity contribution < 1.29 is 4.74 Å². The van der Waals surface area contributed by atoms with E-state index in [0.717, 1.165) is 50.1 Å². The van der Waals surface area contributed by atoms with Crippen molar-refractivity contribution in [2.75, 3.05) is 27.3 Å². The Kier molecular flexibility index (Phi) is 5.71. The number of hydrogen-bond acceptors (Lipinski definition) is 4. The van der Waals surface area contributed by atoms with Crippen molar-refractivity contribution in [3.8, 4) is 0 Å². The molecule has 7 nitrogen and oxygen atoms in total. The molecule has 24 heavy (non-hydrogen) atoms. The van der Waals surface area contributed by atoms with E-state index in [1.165, 1.54) is 32.1 Å². The molecule has 0 amide bonds. The number of ether oxygens (including phenoxy) is 1. The van der Waals surface area contributed by atoms with Gasteiger partial charge in [-0.25, -0.2) is 0 Å². The van der Waals surface area contributed by atoms with Crippen LogP contribution in [0.15, 0.2) is 4.99 Å². The monoisotopic (exact) mass is 334 g/mol. The minimum atomic E-state index is 0.377. The molecule has 1 aliphatic carbocycles. The Balaban J connectivity index is 1.49. The van der Waals surface area contributed by atoms with Crippen LogP contribution in [0.1, 0.15) is 50.2 Å². The maximum atomic E-state index is 5.26. The van der Waals surface area contributed by atoms with Crippen LogP contribution in [0.2, 0.25) is 0 Å². The summed E-state index contributed by atoms with van der Waals surface area (Å²) in [5, 5.41) is 15.5. The molecule has 2 heterocycles. The Morgan fingerprint density at radius 1 is 1.25 bits per heavy atom. The summed E-state index contributed by atoms with van der Waals surface area (Å²) in [4.78, 5) is 4.35. The van der Waals surface area contributed by atoms with Gasteiger partial charge in [-0.2, -0.15) is 0 Å². The van der Waals surface area contributed by atoms with E-state index in [1.807, 2.05) is 7.05 Å². The van der Waals surface area contributed by atoms with Crippen molar-refractivity contribution in [1.29, 1.82) is 0 Å². The molecule has 0 atom stereocenters. The van der Waals surface area contributed by atoms with Gasteiger partial charge in [-0.05, 0) is 37.5 Å². The van der Waals surface area contributed by atoms with Gasteiger partial charge in [0.2, 0.25) is 0 Å². The second-order valence-electron chi connectivity index (χ2n) is 7.02. The SMILES string of the molecule is CN=C(NCc1nnc2n1CCCC2)NCC1(CCOC)CCC1. The molecule has 2 N–H and O–H groups in total. The third kappa shape index (κ3) is 3.88. The van der Waals surface area contributed by atoms with Crippen LogP contribution in [0.3, 0.4) is 0 Å². The molecule has 1 fully saturated rings. The first-order chi connectivity index (χ1) is 11.8. The van der Waals surface area contributed by atoms with Gasteiger partial charge in [0.1, 0.15) is 5.82 Å². The molecule has 0 aromatic carbocycles. The maximum absolute atomic E-state index is 5.26. The van der Waals surface area contributed by atoms with E-state index in [9.17, 15) is 0 Å². The van der Waals surface area contributed by atoms with Gasteiger partial charge in [0, 0.05) is 40.3 Å². The first kappa shape index (κ1) is 17.2. The van der Waals surface area contributed by atoms with E-state index in [1.54, 1.807) is 7.11 Å². The van der Waals surface area contributed by atoms with Gasteiger partial charge in [-0.15, -0.1) is 10.2 Å². The van der Waals surface area contributed by atoms with E-state index in [4.69, 9.17) is 4.74 Å². The Morgan fingerprint density at radius 2 is 2.12 bits per heavy atom. The van der Waals surface area contributed by atoms with Gasteiger partial charge in [-0.1, -0.05) is 6.42 Å². The number of methoxy groups -OCH3 is 1. The zero-order valence-electron chi connectivity index (χ0n) is 15.0. The summed E-state index contributed by atoms with van der Waals surface area (Å²) in [6, 6.07) is 0. The van der Waals surface area contributed by atoms with Gasteiger partial charge in [0.25, 0.3) is 0 Å². The van der Waals surface area contributed by atoms with Crippen LogP contribution in [0, 0.1) is 5.41 Å². The highest BCUT2D eigenvalue weighted by Gasteiger charge is 2.36. The third-order valence-electron chi connectivity index (χ3n) is 5.46. The molecule has 1 aromatic rings. The van der Waals surface area contributed by atoms with Gasteiger partial charge < -0.3 is 19.9 Å². The van der Waals surface area contributed by atoms with Gasteiger partial charge >= 0.3 is 0 Å². The van der Waals surface area contributed by atoms with Gasteiger partial charge in [-0.3, -0.25) is 4.99 Å². The molecule has 0 spiro atoms. The summed E-state index contributed by atoms with van der Waals surface area (Å²) in [6.07, 6.45) is 8.47. The van der Waals surface area contributed by atoms with Crippen LogP contribution in [-0.2, 0) is 24.2 Å². The van der Waals surface area contributed by atoms with Crippen molar-refractivity contribution in [2.24, 2.45) is 10.4 Å². The molecular weight excluding hydrogens is 304 g/mol. The maximum Gasteiger partial charge on any atom is 0.191 e. The van der Waals surface area contributed by atoms with E-state index in [-0.39, 0.29) is 0 Å². The number of nitrogens with one attached hydrogen (secondary N) is 2. The fourth-order valence-corrected chi connectivity index (χ4v) is 3.66. The predicted octanol–water partition coefficient (Wildman–Crippen LogP) is 1.49. The summed E-state index contributed by atoms with van der Waals surface area (Å²) in [7, 11) is 3.59. The summed E-state index contributed by atoms with van der Waals surface area (Å²) < 4.78 is 7.51. The quantitative estimate of drug-likeness (QED) is 0.583. The lowest BCUT2D eigenvalue weighted by Gasteiger charge is -2.42. The van der Waals surface area contributed by atoms with E-state index in [0.29, 0.717) is 12.0 Å². The van der Waals surface area contributed by atoms with E-state index >= 15 is 0 Å². The molecule has 0 bridgehead atoms. The third-order valence-corrected chi connectivity index (χ3v) is 5.46. The predicted molar refractivity (Wildman–Crippen MR) is 93.9 cm³/mol. The molecule has 0 radical (unpaired) electrons. The summed E-state index contributed by atoms with van der Waals surface area (Å²) in [5.41, 5.74) is 0.377. The van der Waals surface area contributed by atoms with Crippen molar-refractivity contribution in [1.82, 2.24) is 25.4 Å². The molecule has 1 aliphatic heterocycles. The second-order valence-corrected chi connectivity index (χ2v) is 7.02. The molecule has 1 saturated carbocycles. The number of nitrogens with zero attached hydrogens (tertiary/aromatic N) is 4. The normalized spacial score (nSPS) is 19.5. The number of aromatic nitrogens is 3. The summed E-state index contributed by atoms with van der Waals surface area (Å²) >= 11 is 0. The fraction of sp³-hybridized carbons (Fsp3) is 0.824. The zero-order chi connectivity index (χ0) is 16.8. The lowest BCUT2D eigenvalue weighted by molar-refractivity contribution is 0.0732. The minimum absolute atomic E-state index is 0.377. The molecular formula is C17H30N6O. The number of hydrogen-bond donors (Lipinski definition) is 2. The van der Waals surface area contributed by atoms with Gasteiger partial charge in [0.15, 0.2) is 11.8 Å². The number of aryl methyl sites for hydroxylation is 1. The Labute approximate surface area is 144 Å². The average Bonchev–Trinajstić information content (AvgIpc) is 2.99. The van der Waals surface area contributed by atoms with Crippen molar-refractivity contribution in [2.45, 2.75) is 58.0 Å². The minimum Gasteiger partial charge on any atom is -0.385 e. The van der Waals surface area contributed by atoms with Crippen LogP contribution in [0.4, 0.5) is 0 Å². The van der Waals surface area contributed by atoms with E-state index in [2.05, 4.69) is 30.4 Å². The highest BCUT2D eigenvalue weighted by Crippen LogP contribution is 2.43. The number of fused-ring (bicyclic) bond motifs is 1. The Morgan fingerprint density at radius 3 is 2.83 bits per heavy atom. The van der Waals surface area contributed by atoms with Crippen molar-refractivity contribution in [3.63, 3.8) is 0 Å². The largest absolute Gasteiger partial charge is 0.385 e. The lowest BCUT2D eigenvalue weighted by atomic mass is 9.67. The summed E-state index contributed by atoms with van der Waals surface area (Å²) in [6.45, 7) is 3.48. The van der Waals surface area contributed by atoms with Crippen LogP contribution in [0.5, 0.6) is 0 Å². The highest BCUT2D eigenvalue weighted by atomic mass is 16.5. The average molecular weight is 334 g/mol. The van der Waals surface area contributed by atoms with Crippen molar-refractivity contribution >= 4 is 5.96 Å². The van der Waals surface area contributed by atoms with Crippen LogP contribution in [-0.4, -0.2) is 48.0 Å². The number of guanidine groups is 1. The Hall–Kier alpha value is -1.63. The number of aliphatic imine (C=N–C) groups is 1. The van der Waals surface area contributed by atoms with Crippen LogP contribution < -0.4 is 10.6 Å². The fourth-order valence-electron chi connectivity index (χ4n) is 3.66. The lowest BCUT2D eigenvalue weighted by Crippen LogP contribution is -2.46. The molecule has 134 valence electrons. The zero-order valence-corrected chi connectivity index (χ0v) is 15.0. The topological polar surface area (TPSA) is 76.4 Å². The molecule has 7 heteroatoms. The smallest absolute Gasteiger partial charge is 0.191 e. The molecule has 3 rings (SSSR count). The second kappa shape index (κ2) is 7.96. The molecule has 0 saturated heterocycles. The standard InChI is InChI=1S/C17H30N6O/c1-18-16(20-13-17(7-5-8-17)9-11-24-2)19-12-15-22-21-14-6-3-4-10-23(14)15/h3-13H2,1-2H3,(H2,18,19,20). The first-order valence-corrected chi connectivity index (χ1v) is 9.11. The van der Waals surface area contributed by atoms with E-state index < -0.39 is 0 Å². The highest BCUT2D eigenvalue weighted by molar-refractivity contribution is 5.79. The van der Waals surface area contributed by atoms with Gasteiger partial charge in [0.05, 0.1) is 6.54 Å². The summed E-state index contributed by atoms with van der Waals surface area (Å²) in [5.74, 6) is 2.96. The van der Waals surface area contributed by atoms with Crippen molar-refractivity contribution in [3.05, 3.63) is 11.6 Å². The molecule has 2 aliphatic rings. The van der Waals surface area contributed by atoms with Crippen LogP contribution in [0.25, 0.3) is 0 Å². The molecule has 1 aromatic heterocycles. The molecule has 0 unspecified atom stereocenters. The number of rotatable bonds is 7. The Bertz CT molecular complexity index is 563. The van der Waals surface area contributed by atoms with Crippen LogP contribution >= 0.6 is 0 Å². The first-order valence-electron chi connectivity index (χ1n) is 9.11.